The van der Waals surface area contributed by atoms with Crippen LogP contribution in [0.4, 0.5) is 5.95 Å². The summed E-state index contributed by atoms with van der Waals surface area (Å²) in [6.45, 7) is 5.57. The first-order valence-corrected chi connectivity index (χ1v) is 6.70. The van der Waals surface area contributed by atoms with Crippen LogP contribution in [-0.2, 0) is 6.54 Å². The van der Waals surface area contributed by atoms with Crippen LogP contribution in [0.3, 0.4) is 0 Å². The molecule has 5 nitrogen and oxygen atoms in total. The fraction of sp³-hybridized carbons (Fsp3) is 0.692. The minimum absolute atomic E-state index is 0.156. The smallest absolute Gasteiger partial charge is 0.225 e. The third-order valence-corrected chi connectivity index (χ3v) is 3.13. The SMILES string of the molecule is Cc1cc(CNCCO)nc(N2CCCCC2)n1. The van der Waals surface area contributed by atoms with E-state index in [1.165, 1.54) is 19.3 Å². The number of aliphatic hydroxyl groups excluding tert-OH is 1. The topological polar surface area (TPSA) is 61.3 Å². The largest absolute Gasteiger partial charge is 0.395 e. The fourth-order valence-corrected chi connectivity index (χ4v) is 2.24. The summed E-state index contributed by atoms with van der Waals surface area (Å²) in [5.41, 5.74) is 2.00. The Morgan fingerprint density at radius 2 is 2.06 bits per heavy atom. The van der Waals surface area contributed by atoms with Gasteiger partial charge in [0.1, 0.15) is 0 Å². The molecule has 0 radical (unpaired) electrons. The van der Waals surface area contributed by atoms with Crippen LogP contribution in [-0.4, -0.2) is 41.3 Å². The molecule has 0 unspecified atom stereocenters. The van der Waals surface area contributed by atoms with E-state index < -0.39 is 0 Å². The molecular weight excluding hydrogens is 228 g/mol. The van der Waals surface area contributed by atoms with Crippen LogP contribution in [0, 0.1) is 6.92 Å². The fourth-order valence-electron chi connectivity index (χ4n) is 2.24. The van der Waals surface area contributed by atoms with Gasteiger partial charge in [0.2, 0.25) is 5.95 Å². The summed E-state index contributed by atoms with van der Waals surface area (Å²) in [5.74, 6) is 0.857. The van der Waals surface area contributed by atoms with E-state index in [9.17, 15) is 0 Å². The van der Waals surface area contributed by atoms with Crippen LogP contribution in [0.1, 0.15) is 30.7 Å². The number of aliphatic hydroxyl groups is 1. The predicted octanol–water partition coefficient (Wildman–Crippen LogP) is 0.857. The van der Waals surface area contributed by atoms with Gasteiger partial charge < -0.3 is 15.3 Å². The molecule has 5 heteroatoms. The van der Waals surface area contributed by atoms with Crippen molar-refractivity contribution >= 4 is 5.95 Å². The number of hydrogen-bond donors (Lipinski definition) is 2. The Bertz CT molecular complexity index is 377. The molecule has 2 heterocycles. The minimum atomic E-state index is 0.156. The third-order valence-electron chi connectivity index (χ3n) is 3.13. The molecule has 1 aromatic heterocycles. The maximum Gasteiger partial charge on any atom is 0.225 e. The first-order valence-electron chi connectivity index (χ1n) is 6.70. The van der Waals surface area contributed by atoms with Gasteiger partial charge in [-0.3, -0.25) is 0 Å². The summed E-state index contributed by atoms with van der Waals surface area (Å²) >= 11 is 0. The quantitative estimate of drug-likeness (QED) is 0.759. The lowest BCUT2D eigenvalue weighted by Gasteiger charge is -2.27. The van der Waals surface area contributed by atoms with E-state index in [2.05, 4.69) is 20.2 Å². The van der Waals surface area contributed by atoms with Gasteiger partial charge in [0, 0.05) is 31.9 Å². The molecule has 2 rings (SSSR count). The Balaban J connectivity index is 2.05. The zero-order valence-corrected chi connectivity index (χ0v) is 11.0. The molecule has 0 bridgehead atoms. The molecule has 0 spiro atoms. The second kappa shape index (κ2) is 6.66. The minimum Gasteiger partial charge on any atom is -0.395 e. The number of anilines is 1. The van der Waals surface area contributed by atoms with Crippen LogP contribution in [0.2, 0.25) is 0 Å². The van der Waals surface area contributed by atoms with Crippen molar-refractivity contribution in [3.8, 4) is 0 Å². The zero-order chi connectivity index (χ0) is 12.8. The van der Waals surface area contributed by atoms with Crippen molar-refractivity contribution in [1.29, 1.82) is 0 Å². The highest BCUT2D eigenvalue weighted by atomic mass is 16.3. The molecule has 1 aliphatic rings. The number of nitrogens with one attached hydrogen (secondary N) is 1. The number of piperidine rings is 1. The second-order valence-corrected chi connectivity index (χ2v) is 4.75. The molecule has 1 aromatic rings. The average molecular weight is 250 g/mol. The highest BCUT2D eigenvalue weighted by molar-refractivity contribution is 5.32. The first-order chi connectivity index (χ1) is 8.79. The van der Waals surface area contributed by atoms with Crippen molar-refractivity contribution in [2.24, 2.45) is 0 Å². The van der Waals surface area contributed by atoms with E-state index in [0.717, 1.165) is 30.4 Å². The van der Waals surface area contributed by atoms with E-state index in [-0.39, 0.29) is 6.61 Å². The van der Waals surface area contributed by atoms with Gasteiger partial charge in [-0.2, -0.15) is 0 Å². The monoisotopic (exact) mass is 250 g/mol. The van der Waals surface area contributed by atoms with Crippen molar-refractivity contribution in [2.45, 2.75) is 32.7 Å². The van der Waals surface area contributed by atoms with E-state index in [0.29, 0.717) is 13.1 Å². The number of rotatable bonds is 5. The maximum absolute atomic E-state index is 8.75. The molecule has 2 N–H and O–H groups in total. The predicted molar refractivity (Wildman–Crippen MR) is 71.6 cm³/mol. The van der Waals surface area contributed by atoms with Gasteiger partial charge in [0.15, 0.2) is 0 Å². The Hall–Kier alpha value is -1.20. The molecule has 0 aliphatic carbocycles. The zero-order valence-electron chi connectivity index (χ0n) is 11.0. The molecule has 0 aromatic carbocycles. The molecule has 1 aliphatic heterocycles. The molecule has 1 saturated heterocycles. The Morgan fingerprint density at radius 3 is 2.78 bits per heavy atom. The van der Waals surface area contributed by atoms with Crippen LogP contribution in [0.15, 0.2) is 6.07 Å². The molecule has 100 valence electrons. The maximum atomic E-state index is 8.75. The molecule has 0 saturated carbocycles. The summed E-state index contributed by atoms with van der Waals surface area (Å²) in [6, 6.07) is 2.00. The van der Waals surface area contributed by atoms with Crippen molar-refractivity contribution in [2.75, 3.05) is 31.1 Å². The van der Waals surface area contributed by atoms with Crippen LogP contribution < -0.4 is 10.2 Å². The summed E-state index contributed by atoms with van der Waals surface area (Å²) in [7, 11) is 0. The van der Waals surface area contributed by atoms with Gasteiger partial charge in [0.05, 0.1) is 12.3 Å². The molecule has 0 amide bonds. The summed E-state index contributed by atoms with van der Waals surface area (Å²) in [4.78, 5) is 11.4. The van der Waals surface area contributed by atoms with E-state index in [1.54, 1.807) is 0 Å². The van der Waals surface area contributed by atoms with E-state index >= 15 is 0 Å². The van der Waals surface area contributed by atoms with Gasteiger partial charge in [-0.15, -0.1) is 0 Å². The summed E-state index contributed by atoms with van der Waals surface area (Å²) in [5, 5.41) is 11.9. The van der Waals surface area contributed by atoms with Crippen molar-refractivity contribution < 1.29 is 5.11 Å². The van der Waals surface area contributed by atoms with Gasteiger partial charge >= 0.3 is 0 Å². The molecular formula is C13H22N4O. The number of nitrogens with zero attached hydrogens (tertiary/aromatic N) is 3. The summed E-state index contributed by atoms with van der Waals surface area (Å²) < 4.78 is 0. The van der Waals surface area contributed by atoms with Gasteiger partial charge in [-0.1, -0.05) is 0 Å². The molecule has 1 fully saturated rings. The Kier molecular flexibility index (Phi) is 4.90. The van der Waals surface area contributed by atoms with Crippen molar-refractivity contribution in [3.05, 3.63) is 17.5 Å². The van der Waals surface area contributed by atoms with Crippen LogP contribution >= 0.6 is 0 Å². The number of hydrogen-bond acceptors (Lipinski definition) is 5. The number of aromatic nitrogens is 2. The van der Waals surface area contributed by atoms with Gasteiger partial charge in [-0.25, -0.2) is 9.97 Å². The first kappa shape index (κ1) is 13.2. The molecule has 0 atom stereocenters. The van der Waals surface area contributed by atoms with Gasteiger partial charge in [-0.05, 0) is 32.3 Å². The number of aryl methyl sites for hydroxylation is 1. The highest BCUT2D eigenvalue weighted by Gasteiger charge is 2.14. The lowest BCUT2D eigenvalue weighted by Crippen LogP contribution is -2.31. The second-order valence-electron chi connectivity index (χ2n) is 4.75. The molecule has 18 heavy (non-hydrogen) atoms. The lowest BCUT2D eigenvalue weighted by molar-refractivity contribution is 0.291. The average Bonchev–Trinajstić information content (AvgIpc) is 2.39. The van der Waals surface area contributed by atoms with E-state index in [1.807, 2.05) is 13.0 Å². The highest BCUT2D eigenvalue weighted by Crippen LogP contribution is 2.16. The van der Waals surface area contributed by atoms with Crippen molar-refractivity contribution in [3.63, 3.8) is 0 Å². The van der Waals surface area contributed by atoms with Crippen LogP contribution in [0.25, 0.3) is 0 Å². The van der Waals surface area contributed by atoms with E-state index in [4.69, 9.17) is 5.11 Å². The lowest BCUT2D eigenvalue weighted by atomic mass is 10.1. The summed E-state index contributed by atoms with van der Waals surface area (Å²) in [6.07, 6.45) is 3.78. The normalized spacial score (nSPS) is 16.0. The standard InChI is InChI=1S/C13H22N4O/c1-11-9-12(10-14-5-8-18)16-13(15-11)17-6-3-2-4-7-17/h9,14,18H,2-8,10H2,1H3. The van der Waals surface area contributed by atoms with Crippen LogP contribution in [0.5, 0.6) is 0 Å². The van der Waals surface area contributed by atoms with Gasteiger partial charge in [0.25, 0.3) is 0 Å². The Morgan fingerprint density at radius 1 is 1.28 bits per heavy atom. The Labute approximate surface area is 108 Å². The van der Waals surface area contributed by atoms with Crippen molar-refractivity contribution in [1.82, 2.24) is 15.3 Å². The third kappa shape index (κ3) is 3.65.